The van der Waals surface area contributed by atoms with Crippen LogP contribution in [0.2, 0.25) is 0 Å². The molecule has 1 fully saturated rings. The number of nitrogens with one attached hydrogen (secondary N) is 1. The van der Waals surface area contributed by atoms with Gasteiger partial charge >= 0.3 is 0 Å². The number of carbonyl (C=O) groups excluding carboxylic acids is 3. The van der Waals surface area contributed by atoms with E-state index >= 15 is 0 Å². The smallest absolute Gasteiger partial charge is 0.228 e. The maximum Gasteiger partial charge on any atom is 0.228 e. The summed E-state index contributed by atoms with van der Waals surface area (Å²) >= 11 is 0. The monoisotopic (exact) mass is 600 g/mol. The van der Waals surface area contributed by atoms with E-state index < -0.39 is 0 Å². The van der Waals surface area contributed by atoms with E-state index in [0.29, 0.717) is 41.8 Å². The summed E-state index contributed by atoms with van der Waals surface area (Å²) in [5.41, 5.74) is 8.46. The summed E-state index contributed by atoms with van der Waals surface area (Å²) in [4.78, 5) is 46.8. The van der Waals surface area contributed by atoms with E-state index in [9.17, 15) is 14.4 Å². The van der Waals surface area contributed by atoms with Crippen molar-refractivity contribution in [3.63, 3.8) is 0 Å². The van der Waals surface area contributed by atoms with Crippen molar-refractivity contribution in [3.8, 4) is 11.1 Å². The van der Waals surface area contributed by atoms with Crippen molar-refractivity contribution in [1.82, 2.24) is 15.2 Å². The van der Waals surface area contributed by atoms with E-state index in [-0.39, 0.29) is 17.6 Å². The topological polar surface area (TPSA) is 91.8 Å². The summed E-state index contributed by atoms with van der Waals surface area (Å²) in [7, 11) is 0. The molecule has 2 amide bonds. The molecule has 228 valence electrons. The number of anilines is 1. The minimum absolute atomic E-state index is 0.0771. The quantitative estimate of drug-likeness (QED) is 0.297. The lowest BCUT2D eigenvalue weighted by atomic mass is 9.88. The van der Waals surface area contributed by atoms with Gasteiger partial charge in [0.25, 0.3) is 0 Å². The van der Waals surface area contributed by atoms with Gasteiger partial charge in [0, 0.05) is 63.7 Å². The summed E-state index contributed by atoms with van der Waals surface area (Å²) in [5.74, 6) is -0.345. The van der Waals surface area contributed by atoms with Gasteiger partial charge in [0.15, 0.2) is 0 Å². The Kier molecular flexibility index (Phi) is 7.77. The standard InChI is InChI=1S/C37H36N4O4/c1-23(42)40-15-12-29-26(22-40)6-5-8-30(29)32-19-28(20-36-37(44)31-7-3-4-9-35(31)41(36)24(2)43)39-34-11-10-25(18-33(32)34)21-38-27-13-16-45-17-14-27/h3-11,18-20,27,38H,12-17,21-22H2,1-2H3. The number of carbonyl (C=O) groups is 3. The van der Waals surface area contributed by atoms with Gasteiger partial charge < -0.3 is 15.0 Å². The van der Waals surface area contributed by atoms with Crippen LogP contribution in [-0.2, 0) is 33.8 Å². The Hall–Kier alpha value is -4.66. The first-order valence-electron chi connectivity index (χ1n) is 15.6. The van der Waals surface area contributed by atoms with Gasteiger partial charge in [0.05, 0.1) is 22.6 Å². The Morgan fingerprint density at radius 2 is 1.76 bits per heavy atom. The number of hydrogen-bond acceptors (Lipinski definition) is 6. The highest BCUT2D eigenvalue weighted by atomic mass is 16.5. The first kappa shape index (κ1) is 29.1. The molecule has 0 saturated carbocycles. The molecule has 4 aromatic rings. The zero-order valence-corrected chi connectivity index (χ0v) is 25.6. The van der Waals surface area contributed by atoms with Crippen LogP contribution in [-0.4, -0.2) is 53.3 Å². The van der Waals surface area contributed by atoms with Crippen LogP contribution in [0.5, 0.6) is 0 Å². The molecule has 4 heterocycles. The fourth-order valence-electron chi connectivity index (χ4n) is 6.83. The molecule has 8 nitrogen and oxygen atoms in total. The van der Waals surface area contributed by atoms with Crippen molar-refractivity contribution in [2.24, 2.45) is 0 Å². The number of benzene rings is 3. The maximum atomic E-state index is 13.5. The highest BCUT2D eigenvalue weighted by Gasteiger charge is 2.34. The van der Waals surface area contributed by atoms with Crippen LogP contribution >= 0.6 is 0 Å². The molecule has 1 saturated heterocycles. The third-order valence-corrected chi connectivity index (χ3v) is 9.17. The molecule has 45 heavy (non-hydrogen) atoms. The summed E-state index contributed by atoms with van der Waals surface area (Å²) in [6, 6.07) is 22.3. The third kappa shape index (κ3) is 5.56. The molecule has 0 spiro atoms. The van der Waals surface area contributed by atoms with Crippen LogP contribution < -0.4 is 10.2 Å². The Morgan fingerprint density at radius 1 is 0.956 bits per heavy atom. The first-order chi connectivity index (χ1) is 21.9. The molecule has 3 aliphatic rings. The van der Waals surface area contributed by atoms with Gasteiger partial charge in [0.1, 0.15) is 0 Å². The summed E-state index contributed by atoms with van der Waals surface area (Å²) in [6.45, 7) is 6.66. The zero-order valence-electron chi connectivity index (χ0n) is 25.6. The Morgan fingerprint density at radius 3 is 2.56 bits per heavy atom. The summed E-state index contributed by atoms with van der Waals surface area (Å²) in [6.07, 6.45) is 4.50. The molecule has 7 rings (SSSR count). The van der Waals surface area contributed by atoms with Crippen molar-refractivity contribution >= 4 is 40.3 Å². The van der Waals surface area contributed by atoms with Crippen LogP contribution in [0.15, 0.2) is 72.4 Å². The van der Waals surface area contributed by atoms with Gasteiger partial charge in [0.2, 0.25) is 17.6 Å². The Balaban J connectivity index is 1.35. The van der Waals surface area contributed by atoms with Crippen molar-refractivity contribution in [1.29, 1.82) is 0 Å². The maximum absolute atomic E-state index is 13.5. The van der Waals surface area contributed by atoms with Crippen LogP contribution in [0.1, 0.15) is 59.4 Å². The van der Waals surface area contributed by atoms with Crippen molar-refractivity contribution < 1.29 is 19.1 Å². The number of amides is 2. The van der Waals surface area contributed by atoms with Gasteiger partial charge in [-0.3, -0.25) is 19.3 Å². The number of ether oxygens (including phenoxy) is 1. The lowest BCUT2D eigenvalue weighted by Crippen LogP contribution is -2.34. The molecule has 3 aliphatic heterocycles. The number of aromatic nitrogens is 1. The van der Waals surface area contributed by atoms with Crippen LogP contribution in [0.3, 0.4) is 0 Å². The number of allylic oxidation sites excluding steroid dienone is 1. The molecule has 1 aromatic heterocycles. The van der Waals surface area contributed by atoms with E-state index in [4.69, 9.17) is 9.72 Å². The average molecular weight is 601 g/mol. The molecule has 3 aromatic carbocycles. The van der Waals surface area contributed by atoms with Gasteiger partial charge in [-0.25, -0.2) is 4.98 Å². The molecule has 8 heteroatoms. The van der Waals surface area contributed by atoms with Crippen LogP contribution in [0, 0.1) is 0 Å². The lowest BCUT2D eigenvalue weighted by Gasteiger charge is -2.29. The Bertz CT molecular complexity index is 1870. The first-order valence-corrected chi connectivity index (χ1v) is 15.6. The molecule has 0 atom stereocenters. The summed E-state index contributed by atoms with van der Waals surface area (Å²) in [5, 5.41) is 4.72. The minimum Gasteiger partial charge on any atom is -0.381 e. The largest absolute Gasteiger partial charge is 0.381 e. The molecular weight excluding hydrogens is 564 g/mol. The number of rotatable bonds is 5. The number of ketones is 1. The molecular formula is C37H36N4O4. The predicted octanol–water partition coefficient (Wildman–Crippen LogP) is 5.67. The highest BCUT2D eigenvalue weighted by Crippen LogP contribution is 2.38. The second-order valence-electron chi connectivity index (χ2n) is 12.1. The van der Waals surface area contributed by atoms with Crippen LogP contribution in [0.25, 0.3) is 28.1 Å². The minimum atomic E-state index is -0.227. The van der Waals surface area contributed by atoms with Crippen molar-refractivity contribution in [2.75, 3.05) is 24.7 Å². The highest BCUT2D eigenvalue weighted by molar-refractivity contribution is 6.26. The number of Topliss-reactive ketones (excluding diaryl/α,β-unsaturated/α-hetero) is 1. The van der Waals surface area contributed by atoms with E-state index in [0.717, 1.165) is 66.6 Å². The number of pyridine rings is 1. The fraction of sp³-hybridized carbons (Fsp3) is 0.297. The average Bonchev–Trinajstić information content (AvgIpc) is 3.34. The third-order valence-electron chi connectivity index (χ3n) is 9.17. The summed E-state index contributed by atoms with van der Waals surface area (Å²) < 4.78 is 5.53. The second-order valence-corrected chi connectivity index (χ2v) is 12.1. The van der Waals surface area contributed by atoms with E-state index in [1.807, 2.05) is 35.2 Å². The molecule has 0 unspecified atom stereocenters. The van der Waals surface area contributed by atoms with Crippen molar-refractivity contribution in [3.05, 3.63) is 100 Å². The number of hydrogen-bond donors (Lipinski definition) is 1. The predicted molar refractivity (Wildman–Crippen MR) is 175 cm³/mol. The normalized spacial score (nSPS) is 17.6. The van der Waals surface area contributed by atoms with E-state index in [1.165, 1.54) is 23.0 Å². The SMILES string of the molecule is CC(=O)N1CCc2c(cccc2-c2cc(C=C3C(=O)c4ccccc4N3C(C)=O)nc3ccc(CNC4CCOCC4)cc23)C1. The number of fused-ring (bicyclic) bond motifs is 3. The molecule has 0 aliphatic carbocycles. The van der Waals surface area contributed by atoms with Gasteiger partial charge in [-0.2, -0.15) is 0 Å². The van der Waals surface area contributed by atoms with Gasteiger partial charge in [-0.15, -0.1) is 0 Å². The van der Waals surface area contributed by atoms with Gasteiger partial charge in [-0.1, -0.05) is 36.4 Å². The molecule has 1 N–H and O–H groups in total. The molecule has 0 radical (unpaired) electrons. The zero-order chi connectivity index (χ0) is 31.1. The van der Waals surface area contributed by atoms with Crippen molar-refractivity contribution in [2.45, 2.75) is 52.2 Å². The molecule has 0 bridgehead atoms. The van der Waals surface area contributed by atoms with E-state index in [2.05, 4.69) is 29.6 Å². The fourth-order valence-corrected chi connectivity index (χ4v) is 6.83. The lowest BCUT2D eigenvalue weighted by molar-refractivity contribution is -0.129. The van der Waals surface area contributed by atoms with Crippen LogP contribution in [0.4, 0.5) is 5.69 Å². The van der Waals surface area contributed by atoms with Gasteiger partial charge in [-0.05, 0) is 83.5 Å². The Labute approximate surface area is 262 Å². The van der Waals surface area contributed by atoms with E-state index in [1.54, 1.807) is 25.1 Å². The number of para-hydroxylation sites is 1. The number of nitrogens with zero attached hydrogens (tertiary/aromatic N) is 3. The second kappa shape index (κ2) is 12.0.